The lowest BCUT2D eigenvalue weighted by atomic mass is 9.80. The molecule has 30 heavy (non-hydrogen) atoms. The first-order valence-electron chi connectivity index (χ1n) is 10.2. The van der Waals surface area contributed by atoms with Gasteiger partial charge >= 0.3 is 5.97 Å². The van der Waals surface area contributed by atoms with Crippen LogP contribution in [0.5, 0.6) is 5.75 Å². The van der Waals surface area contributed by atoms with Gasteiger partial charge in [0.05, 0.1) is 11.5 Å². The normalized spacial score (nSPS) is 17.9. The maximum atomic E-state index is 13.6. The molecule has 1 aliphatic rings. The second kappa shape index (κ2) is 10.4. The van der Waals surface area contributed by atoms with Gasteiger partial charge in [-0.15, -0.1) is 6.58 Å². The number of ether oxygens (including phenoxy) is 1. The molecule has 0 heterocycles. The topological polar surface area (TPSA) is 50.1 Å². The average molecular weight is 401 g/mol. The molecule has 3 nitrogen and oxygen atoms in total. The third-order valence-electron chi connectivity index (χ3n) is 5.47. The highest BCUT2D eigenvalue weighted by Crippen LogP contribution is 2.32. The van der Waals surface area contributed by atoms with E-state index < -0.39 is 5.82 Å². The van der Waals surface area contributed by atoms with Crippen LogP contribution in [0.1, 0.15) is 55.2 Å². The highest BCUT2D eigenvalue weighted by atomic mass is 19.1. The smallest absolute Gasteiger partial charge is 0.314 e. The number of esters is 1. The van der Waals surface area contributed by atoms with Crippen molar-refractivity contribution in [1.82, 2.24) is 0 Å². The molecular weight excluding hydrogens is 377 g/mol. The number of allylic oxidation sites excluding steroid dienone is 1. The van der Waals surface area contributed by atoms with Crippen molar-refractivity contribution in [1.29, 1.82) is 5.26 Å². The fourth-order valence-electron chi connectivity index (χ4n) is 3.67. The summed E-state index contributed by atoms with van der Waals surface area (Å²) in [6, 6.07) is 13.0. The molecule has 0 aromatic heterocycles. The van der Waals surface area contributed by atoms with Gasteiger partial charge in [-0.1, -0.05) is 17.9 Å². The first-order valence-corrected chi connectivity index (χ1v) is 10.2. The fourth-order valence-corrected chi connectivity index (χ4v) is 3.67. The molecule has 0 saturated heterocycles. The lowest BCUT2D eigenvalue weighted by Crippen LogP contribution is -2.25. The summed E-state index contributed by atoms with van der Waals surface area (Å²) in [6.45, 7) is 3.77. The number of hydrogen-bond donors (Lipinski definition) is 0. The Hall–Kier alpha value is -3.37. The number of carbonyl (C=O) groups is 1. The molecule has 1 fully saturated rings. The minimum atomic E-state index is -0.582. The van der Waals surface area contributed by atoms with E-state index in [1.54, 1.807) is 36.4 Å². The van der Waals surface area contributed by atoms with Crippen molar-refractivity contribution in [2.75, 3.05) is 0 Å². The van der Waals surface area contributed by atoms with Gasteiger partial charge < -0.3 is 4.74 Å². The van der Waals surface area contributed by atoms with Crippen LogP contribution in [0, 0.1) is 40.8 Å². The van der Waals surface area contributed by atoms with Crippen molar-refractivity contribution in [2.45, 2.75) is 38.5 Å². The molecule has 0 amide bonds. The summed E-state index contributed by atoms with van der Waals surface area (Å²) in [5.74, 6) is 6.23. The van der Waals surface area contributed by atoms with Crippen LogP contribution in [-0.4, -0.2) is 5.97 Å². The van der Waals surface area contributed by atoms with Crippen molar-refractivity contribution in [3.05, 3.63) is 77.6 Å². The van der Waals surface area contributed by atoms with Gasteiger partial charge in [0.2, 0.25) is 0 Å². The quantitative estimate of drug-likeness (QED) is 0.276. The monoisotopic (exact) mass is 401 g/mol. The molecular formula is C26H24FNO2. The molecule has 0 atom stereocenters. The standard InChI is InChI=1S/C26H24FNO2/c1-2-3-4-19-7-12-22(13-8-19)26(29)30-24-15-10-20(11-16-24)5-6-21-9-14-23(18-28)25(27)17-21/h2,9-11,14-17,19,22H,1,3-4,7-8,12-13H2/t19-,22-. The van der Waals surface area contributed by atoms with E-state index in [2.05, 4.69) is 18.4 Å². The second-order valence-corrected chi connectivity index (χ2v) is 7.59. The van der Waals surface area contributed by atoms with E-state index in [4.69, 9.17) is 10.00 Å². The fraction of sp³-hybridized carbons (Fsp3) is 0.308. The van der Waals surface area contributed by atoms with Gasteiger partial charge in [-0.25, -0.2) is 4.39 Å². The molecule has 1 saturated carbocycles. The van der Waals surface area contributed by atoms with Crippen molar-refractivity contribution in [3.63, 3.8) is 0 Å². The minimum absolute atomic E-state index is 0.00281. The summed E-state index contributed by atoms with van der Waals surface area (Å²) >= 11 is 0. The SMILES string of the molecule is C=CCC[C@H]1CC[C@H](C(=O)Oc2ccc(C#Cc3ccc(C#N)c(F)c3)cc2)CC1. The lowest BCUT2D eigenvalue weighted by molar-refractivity contribution is -0.140. The molecule has 3 rings (SSSR count). The third kappa shape index (κ3) is 5.82. The molecule has 1 aliphatic carbocycles. The van der Waals surface area contributed by atoms with E-state index in [1.807, 2.05) is 6.08 Å². The summed E-state index contributed by atoms with van der Waals surface area (Å²) in [6.07, 6.45) is 8.04. The zero-order valence-corrected chi connectivity index (χ0v) is 16.9. The van der Waals surface area contributed by atoms with Crippen LogP contribution in [0.4, 0.5) is 4.39 Å². The lowest BCUT2D eigenvalue weighted by Gasteiger charge is -2.26. The van der Waals surface area contributed by atoms with Crippen molar-refractivity contribution < 1.29 is 13.9 Å². The molecule has 4 heteroatoms. The van der Waals surface area contributed by atoms with E-state index in [0.717, 1.165) is 44.1 Å². The van der Waals surface area contributed by atoms with Gasteiger partial charge in [-0.05, 0) is 86.9 Å². The van der Waals surface area contributed by atoms with Crippen molar-refractivity contribution in [3.8, 4) is 23.7 Å². The molecule has 0 unspecified atom stereocenters. The van der Waals surface area contributed by atoms with Crippen molar-refractivity contribution >= 4 is 5.97 Å². The van der Waals surface area contributed by atoms with E-state index >= 15 is 0 Å². The zero-order chi connectivity index (χ0) is 21.3. The number of halogens is 1. The Morgan fingerprint density at radius 1 is 1.10 bits per heavy atom. The zero-order valence-electron chi connectivity index (χ0n) is 16.9. The average Bonchev–Trinajstić information content (AvgIpc) is 2.77. The number of rotatable bonds is 5. The maximum absolute atomic E-state index is 13.6. The number of carbonyl (C=O) groups excluding carboxylic acids is 1. The Bertz CT molecular complexity index is 1000. The van der Waals surface area contributed by atoms with Crippen molar-refractivity contribution in [2.24, 2.45) is 11.8 Å². The summed E-state index contributed by atoms with van der Waals surface area (Å²) in [5, 5.41) is 8.77. The highest BCUT2D eigenvalue weighted by Gasteiger charge is 2.27. The number of benzene rings is 2. The highest BCUT2D eigenvalue weighted by molar-refractivity contribution is 5.75. The van der Waals surface area contributed by atoms with Crippen LogP contribution in [0.2, 0.25) is 0 Å². The summed E-state index contributed by atoms with van der Waals surface area (Å²) in [4.78, 5) is 12.4. The first-order chi connectivity index (χ1) is 14.6. The van der Waals surface area contributed by atoms with Crippen LogP contribution in [-0.2, 0) is 4.79 Å². The molecule has 0 bridgehead atoms. The summed E-state index contributed by atoms with van der Waals surface area (Å²) < 4.78 is 19.2. The molecule has 0 N–H and O–H groups in total. The Labute approximate surface area is 177 Å². The number of nitriles is 1. The van der Waals surface area contributed by atoms with E-state index in [0.29, 0.717) is 17.2 Å². The van der Waals surface area contributed by atoms with Gasteiger partial charge in [0.1, 0.15) is 17.6 Å². The number of nitrogens with zero attached hydrogens (tertiary/aromatic N) is 1. The van der Waals surface area contributed by atoms with Gasteiger partial charge in [0, 0.05) is 11.1 Å². The predicted octanol–water partition coefficient (Wildman–Crippen LogP) is 5.78. The largest absolute Gasteiger partial charge is 0.426 e. The van der Waals surface area contributed by atoms with Crippen LogP contribution in [0.3, 0.4) is 0 Å². The van der Waals surface area contributed by atoms with E-state index in [9.17, 15) is 9.18 Å². The molecule has 2 aromatic carbocycles. The summed E-state index contributed by atoms with van der Waals surface area (Å²) in [7, 11) is 0. The molecule has 0 radical (unpaired) electrons. The van der Waals surface area contributed by atoms with Crippen LogP contribution in [0.25, 0.3) is 0 Å². The van der Waals surface area contributed by atoms with Crippen LogP contribution >= 0.6 is 0 Å². The van der Waals surface area contributed by atoms with E-state index in [1.165, 1.54) is 12.1 Å². The third-order valence-corrected chi connectivity index (χ3v) is 5.47. The Morgan fingerprint density at radius 2 is 1.77 bits per heavy atom. The molecule has 2 aromatic rings. The molecule has 0 spiro atoms. The van der Waals surface area contributed by atoms with Gasteiger partial charge in [-0.2, -0.15) is 5.26 Å². The van der Waals surface area contributed by atoms with Gasteiger partial charge in [0.15, 0.2) is 0 Å². The first kappa shape index (κ1) is 21.3. The summed E-state index contributed by atoms with van der Waals surface area (Å²) in [5.41, 5.74) is 1.21. The van der Waals surface area contributed by atoms with Crippen LogP contribution in [0.15, 0.2) is 55.1 Å². The van der Waals surface area contributed by atoms with Gasteiger partial charge in [0.25, 0.3) is 0 Å². The maximum Gasteiger partial charge on any atom is 0.314 e. The predicted molar refractivity (Wildman–Crippen MR) is 114 cm³/mol. The Kier molecular flexibility index (Phi) is 7.41. The van der Waals surface area contributed by atoms with Crippen LogP contribution < -0.4 is 4.74 Å². The molecule has 152 valence electrons. The second-order valence-electron chi connectivity index (χ2n) is 7.59. The Morgan fingerprint density at radius 3 is 2.40 bits per heavy atom. The number of hydrogen-bond acceptors (Lipinski definition) is 3. The minimum Gasteiger partial charge on any atom is -0.426 e. The van der Waals surface area contributed by atoms with E-state index in [-0.39, 0.29) is 17.5 Å². The molecule has 0 aliphatic heterocycles. The Balaban J connectivity index is 1.54. The van der Waals surface area contributed by atoms with Gasteiger partial charge in [-0.3, -0.25) is 4.79 Å².